The van der Waals surface area contributed by atoms with E-state index in [4.69, 9.17) is 4.98 Å². The van der Waals surface area contributed by atoms with Gasteiger partial charge >= 0.3 is 0 Å². The van der Waals surface area contributed by atoms with Crippen molar-refractivity contribution in [1.82, 2.24) is 14.5 Å². The number of anilines is 1. The zero-order chi connectivity index (χ0) is 19.0. The molecule has 140 valence electrons. The molecule has 1 aliphatic heterocycles. The van der Waals surface area contributed by atoms with E-state index in [1.54, 1.807) is 19.1 Å². The first-order valence-electron chi connectivity index (χ1n) is 9.41. The molecule has 0 amide bonds. The van der Waals surface area contributed by atoms with Crippen LogP contribution in [0.25, 0.3) is 11.0 Å². The molecule has 4 rings (SSSR count). The lowest BCUT2D eigenvalue weighted by Gasteiger charge is -2.34. The number of fused-ring (bicyclic) bond motifs is 1. The molecule has 0 saturated carbocycles. The lowest BCUT2D eigenvalue weighted by atomic mass is 10.0. The summed E-state index contributed by atoms with van der Waals surface area (Å²) in [5.41, 5.74) is 2.81. The van der Waals surface area contributed by atoms with Crippen molar-refractivity contribution in [1.29, 1.82) is 0 Å². The van der Waals surface area contributed by atoms with Crippen LogP contribution >= 0.6 is 0 Å². The van der Waals surface area contributed by atoms with E-state index in [-0.39, 0.29) is 10.6 Å². The number of hydrogen-bond donors (Lipinski definition) is 0. The molecule has 0 N–H and O–H groups in total. The summed E-state index contributed by atoms with van der Waals surface area (Å²) < 4.78 is 2.40. The van der Waals surface area contributed by atoms with Gasteiger partial charge in [-0.2, -0.15) is 0 Å². The zero-order valence-corrected chi connectivity index (χ0v) is 15.6. The minimum atomic E-state index is -0.380. The summed E-state index contributed by atoms with van der Waals surface area (Å²) in [4.78, 5) is 22.1. The highest BCUT2D eigenvalue weighted by molar-refractivity contribution is 5.76. The average Bonchev–Trinajstić information content (AvgIpc) is 3.06. The van der Waals surface area contributed by atoms with E-state index >= 15 is 0 Å². The van der Waals surface area contributed by atoms with Gasteiger partial charge in [-0.3, -0.25) is 10.1 Å². The van der Waals surface area contributed by atoms with Gasteiger partial charge in [0.05, 0.1) is 16.0 Å². The van der Waals surface area contributed by atoms with Gasteiger partial charge in [0.1, 0.15) is 17.3 Å². The Bertz CT molecular complexity index is 989. The normalized spacial score (nSPS) is 15.4. The van der Waals surface area contributed by atoms with Crippen molar-refractivity contribution < 1.29 is 4.92 Å². The Morgan fingerprint density at radius 2 is 1.89 bits per heavy atom. The van der Waals surface area contributed by atoms with Crippen molar-refractivity contribution in [3.8, 4) is 0 Å². The predicted octanol–water partition coefficient (Wildman–Crippen LogP) is 4.05. The molecule has 2 aromatic heterocycles. The molecule has 1 saturated heterocycles. The number of para-hydroxylation sites is 2. The maximum absolute atomic E-state index is 11.0. The van der Waals surface area contributed by atoms with Crippen molar-refractivity contribution in [2.45, 2.75) is 39.2 Å². The second-order valence-electron chi connectivity index (χ2n) is 6.99. The number of nitro groups is 1. The van der Waals surface area contributed by atoms with Gasteiger partial charge < -0.3 is 9.47 Å². The number of aromatic nitrogens is 3. The van der Waals surface area contributed by atoms with Crippen LogP contribution in [0.1, 0.15) is 37.3 Å². The van der Waals surface area contributed by atoms with Gasteiger partial charge in [0, 0.05) is 31.6 Å². The third kappa shape index (κ3) is 3.13. The minimum absolute atomic E-state index is 0.0751. The molecule has 1 fully saturated rings. The van der Waals surface area contributed by atoms with Crippen LogP contribution in [0.2, 0.25) is 0 Å². The van der Waals surface area contributed by atoms with Gasteiger partial charge in [-0.15, -0.1) is 0 Å². The van der Waals surface area contributed by atoms with Gasteiger partial charge in [0.15, 0.2) is 0 Å². The van der Waals surface area contributed by atoms with E-state index in [0.29, 0.717) is 11.7 Å². The summed E-state index contributed by atoms with van der Waals surface area (Å²) in [6, 6.07) is 12.1. The fraction of sp³-hybridized carbons (Fsp3) is 0.400. The Labute approximate surface area is 157 Å². The SMILES string of the molecule is CCc1nc2ccccc2n1C1CCN(c2ccc([N+](=O)[O-])c(C)n2)CC1. The first kappa shape index (κ1) is 17.5. The van der Waals surface area contributed by atoms with Gasteiger partial charge in [0.25, 0.3) is 5.69 Å². The monoisotopic (exact) mass is 365 g/mol. The molecule has 1 aromatic carbocycles. The summed E-state index contributed by atoms with van der Waals surface area (Å²) in [6.45, 7) is 5.60. The summed E-state index contributed by atoms with van der Waals surface area (Å²) in [7, 11) is 0. The first-order valence-corrected chi connectivity index (χ1v) is 9.41. The quantitative estimate of drug-likeness (QED) is 0.515. The highest BCUT2D eigenvalue weighted by Crippen LogP contribution is 2.31. The number of imidazole rings is 1. The van der Waals surface area contributed by atoms with E-state index in [0.717, 1.165) is 49.5 Å². The van der Waals surface area contributed by atoms with Gasteiger partial charge in [-0.1, -0.05) is 19.1 Å². The molecule has 27 heavy (non-hydrogen) atoms. The fourth-order valence-corrected chi connectivity index (χ4v) is 4.01. The molecule has 7 heteroatoms. The standard InChI is InChI=1S/C20H23N5O2/c1-3-19-22-16-6-4-5-7-18(16)24(19)15-10-12-23(13-11-15)20-9-8-17(25(26)27)14(2)21-20/h4-9,15H,3,10-13H2,1-2H3. The summed E-state index contributed by atoms with van der Waals surface area (Å²) in [5, 5.41) is 11.0. The Morgan fingerprint density at radius 1 is 1.15 bits per heavy atom. The maximum Gasteiger partial charge on any atom is 0.290 e. The molecule has 0 unspecified atom stereocenters. The number of aryl methyl sites for hydroxylation is 2. The van der Waals surface area contributed by atoms with Crippen molar-refractivity contribution in [2.75, 3.05) is 18.0 Å². The van der Waals surface area contributed by atoms with Gasteiger partial charge in [-0.05, 0) is 38.0 Å². The van der Waals surface area contributed by atoms with Gasteiger partial charge in [-0.25, -0.2) is 9.97 Å². The highest BCUT2D eigenvalue weighted by Gasteiger charge is 2.25. The lowest BCUT2D eigenvalue weighted by molar-refractivity contribution is -0.385. The van der Waals surface area contributed by atoms with Crippen molar-refractivity contribution in [2.24, 2.45) is 0 Å². The van der Waals surface area contributed by atoms with E-state index in [1.165, 1.54) is 5.52 Å². The molecule has 1 aliphatic rings. The predicted molar refractivity (Wildman–Crippen MR) is 105 cm³/mol. The second kappa shape index (κ2) is 6.98. The second-order valence-corrected chi connectivity index (χ2v) is 6.99. The van der Waals surface area contributed by atoms with Crippen LogP contribution in [-0.2, 0) is 6.42 Å². The Kier molecular flexibility index (Phi) is 4.51. The summed E-state index contributed by atoms with van der Waals surface area (Å²) in [5.74, 6) is 1.96. The lowest BCUT2D eigenvalue weighted by Crippen LogP contribution is -2.35. The maximum atomic E-state index is 11.0. The number of rotatable bonds is 4. The largest absolute Gasteiger partial charge is 0.356 e. The number of piperidine rings is 1. The molecule has 3 aromatic rings. The van der Waals surface area contributed by atoms with Crippen molar-refractivity contribution in [3.05, 3.63) is 58.0 Å². The molecule has 3 heterocycles. The Balaban J connectivity index is 1.55. The zero-order valence-electron chi connectivity index (χ0n) is 15.6. The summed E-state index contributed by atoms with van der Waals surface area (Å²) >= 11 is 0. The van der Waals surface area contributed by atoms with Crippen LogP contribution < -0.4 is 4.90 Å². The average molecular weight is 365 g/mol. The molecular formula is C20H23N5O2. The Morgan fingerprint density at radius 3 is 2.56 bits per heavy atom. The minimum Gasteiger partial charge on any atom is -0.356 e. The van der Waals surface area contributed by atoms with Gasteiger partial charge in [0.2, 0.25) is 0 Å². The van der Waals surface area contributed by atoms with Crippen LogP contribution in [-0.4, -0.2) is 32.5 Å². The number of benzene rings is 1. The van der Waals surface area contributed by atoms with Crippen LogP contribution in [0.4, 0.5) is 11.5 Å². The van der Waals surface area contributed by atoms with E-state index in [2.05, 4.69) is 39.6 Å². The number of hydrogen-bond acceptors (Lipinski definition) is 5. The molecule has 7 nitrogen and oxygen atoms in total. The molecule has 0 aliphatic carbocycles. The number of nitrogens with zero attached hydrogens (tertiary/aromatic N) is 5. The highest BCUT2D eigenvalue weighted by atomic mass is 16.6. The van der Waals surface area contributed by atoms with Crippen LogP contribution in [0.5, 0.6) is 0 Å². The smallest absolute Gasteiger partial charge is 0.290 e. The Hall–Kier alpha value is -2.96. The molecular weight excluding hydrogens is 342 g/mol. The summed E-state index contributed by atoms with van der Waals surface area (Å²) in [6.07, 6.45) is 2.92. The van der Waals surface area contributed by atoms with E-state index in [9.17, 15) is 10.1 Å². The topological polar surface area (TPSA) is 77.1 Å². The molecule has 0 radical (unpaired) electrons. The first-order chi connectivity index (χ1) is 13.1. The van der Waals surface area contributed by atoms with Crippen LogP contribution in [0.15, 0.2) is 36.4 Å². The number of pyridine rings is 1. The van der Waals surface area contributed by atoms with Crippen molar-refractivity contribution >= 4 is 22.5 Å². The van der Waals surface area contributed by atoms with Crippen LogP contribution in [0.3, 0.4) is 0 Å². The van der Waals surface area contributed by atoms with Crippen LogP contribution in [0, 0.1) is 17.0 Å². The fourth-order valence-electron chi connectivity index (χ4n) is 4.01. The van der Waals surface area contributed by atoms with Crippen molar-refractivity contribution in [3.63, 3.8) is 0 Å². The third-order valence-electron chi connectivity index (χ3n) is 5.38. The molecule has 0 bridgehead atoms. The third-order valence-corrected chi connectivity index (χ3v) is 5.38. The molecule has 0 spiro atoms. The van der Waals surface area contributed by atoms with E-state index < -0.39 is 0 Å². The molecule has 0 atom stereocenters. The van der Waals surface area contributed by atoms with E-state index in [1.807, 2.05) is 6.07 Å².